The van der Waals surface area contributed by atoms with Crippen molar-refractivity contribution >= 4 is 17.5 Å². The number of pyridine rings is 1. The molecule has 25 heavy (non-hydrogen) atoms. The second-order valence-electron chi connectivity index (χ2n) is 7.16. The number of anilines is 2. The topological polar surface area (TPSA) is 68.5 Å². The summed E-state index contributed by atoms with van der Waals surface area (Å²) in [7, 11) is 0. The van der Waals surface area contributed by atoms with Gasteiger partial charge < -0.3 is 10.5 Å². The number of ether oxygens (including phenoxy) is 1. The van der Waals surface area contributed by atoms with E-state index in [1.165, 1.54) is 5.56 Å². The SMILES string of the molecule is CC(C)c1ccc(CN2C(=O)C(C(C)C)Oc3ccc(N)nc32)cc1. The molecule has 2 N–H and O–H groups in total. The molecule has 0 spiro atoms. The monoisotopic (exact) mass is 339 g/mol. The lowest BCUT2D eigenvalue weighted by Gasteiger charge is -2.35. The number of amides is 1. The molecule has 1 aromatic heterocycles. The zero-order valence-electron chi connectivity index (χ0n) is 15.2. The van der Waals surface area contributed by atoms with Crippen LogP contribution in [0.3, 0.4) is 0 Å². The third-order valence-electron chi connectivity index (χ3n) is 4.47. The molecule has 3 rings (SSSR count). The minimum absolute atomic E-state index is 0.0732. The van der Waals surface area contributed by atoms with Crippen molar-refractivity contribution in [3.05, 3.63) is 47.5 Å². The van der Waals surface area contributed by atoms with Gasteiger partial charge in [0.1, 0.15) is 5.82 Å². The third-order valence-corrected chi connectivity index (χ3v) is 4.47. The Hall–Kier alpha value is -2.56. The standard InChI is InChI=1S/C20H25N3O2/c1-12(2)15-7-5-14(6-8-15)11-23-19-16(9-10-17(21)22-19)25-18(13(3)4)20(23)24/h5-10,12-13,18H,11H2,1-4H3,(H2,21,22). The Balaban J connectivity index is 1.95. The first-order valence-electron chi connectivity index (χ1n) is 8.70. The van der Waals surface area contributed by atoms with E-state index in [9.17, 15) is 4.79 Å². The fourth-order valence-corrected chi connectivity index (χ4v) is 2.95. The van der Waals surface area contributed by atoms with Gasteiger partial charge in [0.2, 0.25) is 0 Å². The normalized spacial score (nSPS) is 17.0. The highest BCUT2D eigenvalue weighted by molar-refractivity contribution is 5.99. The Morgan fingerprint density at radius 1 is 1.12 bits per heavy atom. The number of carbonyl (C=O) groups is 1. The largest absolute Gasteiger partial charge is 0.476 e. The summed E-state index contributed by atoms with van der Waals surface area (Å²) in [6, 6.07) is 11.8. The van der Waals surface area contributed by atoms with Crippen LogP contribution in [0.2, 0.25) is 0 Å². The molecule has 1 aliphatic rings. The fraction of sp³-hybridized carbons (Fsp3) is 0.400. The number of aromatic nitrogens is 1. The predicted octanol–water partition coefficient (Wildman–Crippen LogP) is 3.74. The first-order chi connectivity index (χ1) is 11.9. The van der Waals surface area contributed by atoms with E-state index in [1.807, 2.05) is 13.8 Å². The van der Waals surface area contributed by atoms with Crippen molar-refractivity contribution in [2.75, 3.05) is 10.6 Å². The molecule has 1 aromatic carbocycles. The number of rotatable bonds is 4. The number of nitrogens with zero attached hydrogens (tertiary/aromatic N) is 2. The number of hydrogen-bond donors (Lipinski definition) is 1. The van der Waals surface area contributed by atoms with Crippen molar-refractivity contribution < 1.29 is 9.53 Å². The van der Waals surface area contributed by atoms with Crippen molar-refractivity contribution in [3.8, 4) is 5.75 Å². The molecular formula is C20H25N3O2. The van der Waals surface area contributed by atoms with Crippen molar-refractivity contribution in [2.24, 2.45) is 5.92 Å². The van der Waals surface area contributed by atoms with Gasteiger partial charge >= 0.3 is 0 Å². The average molecular weight is 339 g/mol. The number of nitrogens with two attached hydrogens (primary N) is 1. The van der Waals surface area contributed by atoms with E-state index in [2.05, 4.69) is 43.1 Å². The predicted molar refractivity (Wildman–Crippen MR) is 99.6 cm³/mol. The molecule has 0 bridgehead atoms. The maximum atomic E-state index is 12.9. The van der Waals surface area contributed by atoms with Gasteiger partial charge in [-0.1, -0.05) is 52.0 Å². The van der Waals surface area contributed by atoms with E-state index in [4.69, 9.17) is 10.5 Å². The average Bonchev–Trinajstić information content (AvgIpc) is 2.57. The molecule has 1 amide bonds. The summed E-state index contributed by atoms with van der Waals surface area (Å²) in [5.41, 5.74) is 8.16. The van der Waals surface area contributed by atoms with Crippen molar-refractivity contribution in [1.29, 1.82) is 0 Å². The van der Waals surface area contributed by atoms with Gasteiger partial charge in [-0.2, -0.15) is 0 Å². The van der Waals surface area contributed by atoms with E-state index < -0.39 is 6.10 Å². The molecule has 0 aliphatic carbocycles. The number of fused-ring (bicyclic) bond motifs is 1. The summed E-state index contributed by atoms with van der Waals surface area (Å²) in [6.45, 7) is 8.74. The quantitative estimate of drug-likeness (QED) is 0.921. The first-order valence-corrected chi connectivity index (χ1v) is 8.70. The molecule has 5 heteroatoms. The summed E-state index contributed by atoms with van der Waals surface area (Å²) in [5, 5.41) is 0. The fourth-order valence-electron chi connectivity index (χ4n) is 2.95. The number of hydrogen-bond acceptors (Lipinski definition) is 4. The Labute approximate surface area is 148 Å². The lowest BCUT2D eigenvalue weighted by Crippen LogP contribution is -2.48. The van der Waals surface area contributed by atoms with Crippen LogP contribution in [0.5, 0.6) is 5.75 Å². The third kappa shape index (κ3) is 3.45. The van der Waals surface area contributed by atoms with Gasteiger partial charge in [-0.15, -0.1) is 0 Å². The zero-order valence-corrected chi connectivity index (χ0v) is 15.2. The number of benzene rings is 1. The zero-order chi connectivity index (χ0) is 18.1. The Bertz CT molecular complexity index is 769. The maximum absolute atomic E-state index is 12.9. The molecule has 132 valence electrons. The molecule has 0 radical (unpaired) electrons. The summed E-state index contributed by atoms with van der Waals surface area (Å²) < 4.78 is 5.87. The van der Waals surface area contributed by atoms with Crippen LogP contribution in [-0.2, 0) is 11.3 Å². The minimum Gasteiger partial charge on any atom is -0.476 e. The van der Waals surface area contributed by atoms with Gasteiger partial charge in [0.25, 0.3) is 5.91 Å². The highest BCUT2D eigenvalue weighted by atomic mass is 16.5. The minimum atomic E-state index is -0.507. The van der Waals surface area contributed by atoms with Gasteiger partial charge in [-0.05, 0) is 35.1 Å². The van der Waals surface area contributed by atoms with E-state index in [0.717, 1.165) is 5.56 Å². The second-order valence-corrected chi connectivity index (χ2v) is 7.16. The van der Waals surface area contributed by atoms with E-state index in [0.29, 0.717) is 29.8 Å². The van der Waals surface area contributed by atoms with Gasteiger partial charge in [0, 0.05) is 0 Å². The number of carbonyl (C=O) groups excluding carboxylic acids is 1. The van der Waals surface area contributed by atoms with Crippen molar-refractivity contribution in [2.45, 2.75) is 46.3 Å². The van der Waals surface area contributed by atoms with E-state index >= 15 is 0 Å². The van der Waals surface area contributed by atoms with Crippen LogP contribution in [0.1, 0.15) is 44.7 Å². The van der Waals surface area contributed by atoms with Crippen molar-refractivity contribution in [3.63, 3.8) is 0 Å². The van der Waals surface area contributed by atoms with Crippen LogP contribution in [0.15, 0.2) is 36.4 Å². The lowest BCUT2D eigenvalue weighted by atomic mass is 10.0. The summed E-state index contributed by atoms with van der Waals surface area (Å²) in [6.07, 6.45) is -0.507. The molecule has 5 nitrogen and oxygen atoms in total. The van der Waals surface area contributed by atoms with Gasteiger partial charge in [0.05, 0.1) is 6.54 Å². The van der Waals surface area contributed by atoms with Gasteiger partial charge in [-0.25, -0.2) is 4.98 Å². The molecule has 2 aromatic rings. The molecule has 1 unspecified atom stereocenters. The van der Waals surface area contributed by atoms with Crippen LogP contribution < -0.4 is 15.4 Å². The van der Waals surface area contributed by atoms with Crippen LogP contribution in [-0.4, -0.2) is 17.0 Å². The molecule has 1 aliphatic heterocycles. The van der Waals surface area contributed by atoms with Crippen LogP contribution in [0.25, 0.3) is 0 Å². The Morgan fingerprint density at radius 3 is 2.40 bits per heavy atom. The summed E-state index contributed by atoms with van der Waals surface area (Å²) in [5.74, 6) is 1.95. The smallest absolute Gasteiger partial charge is 0.269 e. The molecule has 0 saturated carbocycles. The first kappa shape index (κ1) is 17.3. The second kappa shape index (κ2) is 6.75. The summed E-state index contributed by atoms with van der Waals surface area (Å²) >= 11 is 0. The lowest BCUT2D eigenvalue weighted by molar-refractivity contribution is -0.128. The van der Waals surface area contributed by atoms with Crippen LogP contribution in [0, 0.1) is 5.92 Å². The Kier molecular flexibility index (Phi) is 4.66. The maximum Gasteiger partial charge on any atom is 0.269 e. The summed E-state index contributed by atoms with van der Waals surface area (Å²) in [4.78, 5) is 19.0. The van der Waals surface area contributed by atoms with Gasteiger partial charge in [0.15, 0.2) is 17.7 Å². The molecule has 2 heterocycles. The number of nitrogen functional groups attached to an aromatic ring is 1. The molecular weight excluding hydrogens is 314 g/mol. The highest BCUT2D eigenvalue weighted by Gasteiger charge is 2.37. The van der Waals surface area contributed by atoms with E-state index in [-0.39, 0.29) is 11.8 Å². The van der Waals surface area contributed by atoms with Crippen LogP contribution >= 0.6 is 0 Å². The Morgan fingerprint density at radius 2 is 1.80 bits per heavy atom. The van der Waals surface area contributed by atoms with Crippen LogP contribution in [0.4, 0.5) is 11.6 Å². The van der Waals surface area contributed by atoms with E-state index in [1.54, 1.807) is 17.0 Å². The van der Waals surface area contributed by atoms with Crippen molar-refractivity contribution in [1.82, 2.24) is 4.98 Å². The molecule has 1 atom stereocenters. The molecule has 0 saturated heterocycles. The highest BCUT2D eigenvalue weighted by Crippen LogP contribution is 2.35. The van der Waals surface area contributed by atoms with Gasteiger partial charge in [-0.3, -0.25) is 9.69 Å². The molecule has 0 fully saturated rings.